The Labute approximate surface area is 120 Å². The van der Waals surface area contributed by atoms with Gasteiger partial charge in [-0.2, -0.15) is 5.10 Å². The quantitative estimate of drug-likeness (QED) is 0.788. The first-order valence-electron chi connectivity index (χ1n) is 7.11. The number of aryl methyl sites for hydroxylation is 2. The highest BCUT2D eigenvalue weighted by Crippen LogP contribution is 2.15. The van der Waals surface area contributed by atoms with E-state index in [4.69, 9.17) is 4.74 Å². The molecule has 2 aromatic rings. The Morgan fingerprint density at radius 3 is 2.85 bits per heavy atom. The molecular formula is C16H23N3O. The maximum Gasteiger partial charge on any atom is 0.130 e. The number of rotatable bonds is 7. The third-order valence-corrected chi connectivity index (χ3v) is 3.14. The summed E-state index contributed by atoms with van der Waals surface area (Å²) in [6.07, 6.45) is 1.15. The molecule has 0 bridgehead atoms. The Balaban J connectivity index is 1.92. The molecule has 0 fully saturated rings. The van der Waals surface area contributed by atoms with Crippen molar-refractivity contribution in [3.8, 4) is 5.75 Å². The zero-order valence-electron chi connectivity index (χ0n) is 12.5. The summed E-state index contributed by atoms with van der Waals surface area (Å²) >= 11 is 0. The summed E-state index contributed by atoms with van der Waals surface area (Å²) in [7, 11) is 1.94. The standard InChI is InChI=1S/C16H23N3O/c1-4-8-17-11-14-6-5-7-16(10-14)20-12-15-9-13(2)18-19(15)3/h5-7,9-10,17H,4,8,11-12H2,1-3H3. The van der Waals surface area contributed by atoms with Crippen LogP contribution < -0.4 is 10.1 Å². The van der Waals surface area contributed by atoms with E-state index in [2.05, 4.69) is 29.5 Å². The zero-order valence-corrected chi connectivity index (χ0v) is 12.5. The molecule has 0 radical (unpaired) electrons. The molecule has 1 N–H and O–H groups in total. The van der Waals surface area contributed by atoms with Crippen LogP contribution in [0.5, 0.6) is 5.75 Å². The maximum atomic E-state index is 5.84. The summed E-state index contributed by atoms with van der Waals surface area (Å²) < 4.78 is 7.71. The molecule has 1 heterocycles. The van der Waals surface area contributed by atoms with Crippen LogP contribution in [0.4, 0.5) is 0 Å². The average molecular weight is 273 g/mol. The summed E-state index contributed by atoms with van der Waals surface area (Å²) in [5.74, 6) is 0.902. The molecule has 108 valence electrons. The van der Waals surface area contributed by atoms with E-state index in [0.717, 1.165) is 36.6 Å². The average Bonchev–Trinajstić information content (AvgIpc) is 2.76. The summed E-state index contributed by atoms with van der Waals surface area (Å²) in [6, 6.07) is 10.3. The molecule has 1 aromatic heterocycles. The normalized spacial score (nSPS) is 10.8. The molecule has 0 aliphatic heterocycles. The smallest absolute Gasteiger partial charge is 0.130 e. The molecule has 0 aliphatic carbocycles. The molecule has 1 aromatic carbocycles. The molecule has 0 saturated heterocycles. The first-order chi connectivity index (χ1) is 9.69. The summed E-state index contributed by atoms with van der Waals surface area (Å²) in [6.45, 7) is 6.63. The minimum atomic E-state index is 0.545. The van der Waals surface area contributed by atoms with Crippen molar-refractivity contribution in [1.29, 1.82) is 0 Å². The van der Waals surface area contributed by atoms with Crippen LogP contribution in [0.3, 0.4) is 0 Å². The molecule has 0 unspecified atom stereocenters. The highest BCUT2D eigenvalue weighted by molar-refractivity contribution is 5.28. The van der Waals surface area contributed by atoms with E-state index in [1.54, 1.807) is 0 Å². The SMILES string of the molecule is CCCNCc1cccc(OCc2cc(C)nn2C)c1. The van der Waals surface area contributed by atoms with Crippen molar-refractivity contribution in [3.05, 3.63) is 47.3 Å². The molecule has 2 rings (SSSR count). The lowest BCUT2D eigenvalue weighted by Crippen LogP contribution is -2.13. The molecule has 0 aliphatic rings. The van der Waals surface area contributed by atoms with Gasteiger partial charge in [-0.1, -0.05) is 19.1 Å². The van der Waals surface area contributed by atoms with Gasteiger partial charge in [0.05, 0.1) is 11.4 Å². The van der Waals surface area contributed by atoms with Gasteiger partial charge in [-0.3, -0.25) is 4.68 Å². The van der Waals surface area contributed by atoms with Crippen molar-refractivity contribution in [2.75, 3.05) is 6.54 Å². The second-order valence-corrected chi connectivity index (χ2v) is 5.01. The second-order valence-electron chi connectivity index (χ2n) is 5.01. The predicted molar refractivity (Wildman–Crippen MR) is 80.7 cm³/mol. The van der Waals surface area contributed by atoms with Gasteiger partial charge < -0.3 is 10.1 Å². The lowest BCUT2D eigenvalue weighted by molar-refractivity contribution is 0.294. The van der Waals surface area contributed by atoms with Crippen LogP contribution in [-0.4, -0.2) is 16.3 Å². The van der Waals surface area contributed by atoms with Crippen LogP contribution >= 0.6 is 0 Å². The zero-order chi connectivity index (χ0) is 14.4. The van der Waals surface area contributed by atoms with Gasteiger partial charge in [0.25, 0.3) is 0 Å². The van der Waals surface area contributed by atoms with E-state index < -0.39 is 0 Å². The Bertz CT molecular complexity index is 548. The minimum Gasteiger partial charge on any atom is -0.487 e. The van der Waals surface area contributed by atoms with E-state index in [1.165, 1.54) is 5.56 Å². The Kier molecular flexibility index (Phi) is 5.18. The highest BCUT2D eigenvalue weighted by atomic mass is 16.5. The molecule has 4 nitrogen and oxygen atoms in total. The van der Waals surface area contributed by atoms with Crippen molar-refractivity contribution in [1.82, 2.24) is 15.1 Å². The maximum absolute atomic E-state index is 5.84. The van der Waals surface area contributed by atoms with Gasteiger partial charge in [-0.05, 0) is 43.7 Å². The van der Waals surface area contributed by atoms with E-state index >= 15 is 0 Å². The lowest BCUT2D eigenvalue weighted by atomic mass is 10.2. The monoisotopic (exact) mass is 273 g/mol. The molecule has 4 heteroatoms. The van der Waals surface area contributed by atoms with Crippen molar-refractivity contribution < 1.29 is 4.74 Å². The number of hydrogen-bond acceptors (Lipinski definition) is 3. The fourth-order valence-electron chi connectivity index (χ4n) is 2.11. The van der Waals surface area contributed by atoms with Crippen molar-refractivity contribution in [2.45, 2.75) is 33.4 Å². The second kappa shape index (κ2) is 7.10. The third-order valence-electron chi connectivity index (χ3n) is 3.14. The Hall–Kier alpha value is -1.81. The molecular weight excluding hydrogens is 250 g/mol. The number of nitrogens with one attached hydrogen (secondary N) is 1. The molecule has 0 spiro atoms. The lowest BCUT2D eigenvalue weighted by Gasteiger charge is -2.09. The first kappa shape index (κ1) is 14.6. The van der Waals surface area contributed by atoms with E-state index in [9.17, 15) is 0 Å². The largest absolute Gasteiger partial charge is 0.487 e. The Morgan fingerprint density at radius 2 is 2.15 bits per heavy atom. The van der Waals surface area contributed by atoms with Crippen LogP contribution in [0.2, 0.25) is 0 Å². The van der Waals surface area contributed by atoms with E-state index in [0.29, 0.717) is 6.61 Å². The van der Waals surface area contributed by atoms with Gasteiger partial charge in [0, 0.05) is 13.6 Å². The number of aromatic nitrogens is 2. The Morgan fingerprint density at radius 1 is 1.30 bits per heavy atom. The number of nitrogens with zero attached hydrogens (tertiary/aromatic N) is 2. The predicted octanol–water partition coefficient (Wildman–Crippen LogP) is 2.81. The van der Waals surface area contributed by atoms with Crippen LogP contribution in [0, 0.1) is 6.92 Å². The number of hydrogen-bond donors (Lipinski definition) is 1. The number of ether oxygens (including phenoxy) is 1. The van der Waals surface area contributed by atoms with E-state index in [-0.39, 0.29) is 0 Å². The third kappa shape index (κ3) is 4.10. The van der Waals surface area contributed by atoms with Gasteiger partial charge in [0.15, 0.2) is 0 Å². The van der Waals surface area contributed by atoms with Crippen molar-refractivity contribution in [2.24, 2.45) is 7.05 Å². The van der Waals surface area contributed by atoms with Gasteiger partial charge >= 0.3 is 0 Å². The summed E-state index contributed by atoms with van der Waals surface area (Å²) in [4.78, 5) is 0. The summed E-state index contributed by atoms with van der Waals surface area (Å²) in [5, 5.41) is 7.71. The molecule has 0 saturated carbocycles. The number of benzene rings is 1. The molecule has 0 amide bonds. The van der Waals surface area contributed by atoms with Crippen molar-refractivity contribution in [3.63, 3.8) is 0 Å². The molecule has 0 atom stereocenters. The van der Waals surface area contributed by atoms with Crippen LogP contribution in [0.15, 0.2) is 30.3 Å². The van der Waals surface area contributed by atoms with Gasteiger partial charge in [0.1, 0.15) is 12.4 Å². The van der Waals surface area contributed by atoms with Gasteiger partial charge in [-0.25, -0.2) is 0 Å². The van der Waals surface area contributed by atoms with Crippen LogP contribution in [0.1, 0.15) is 30.3 Å². The summed E-state index contributed by atoms with van der Waals surface area (Å²) in [5.41, 5.74) is 3.35. The van der Waals surface area contributed by atoms with E-state index in [1.807, 2.05) is 36.9 Å². The topological polar surface area (TPSA) is 39.1 Å². The fourth-order valence-corrected chi connectivity index (χ4v) is 2.11. The van der Waals surface area contributed by atoms with Gasteiger partial charge in [0.2, 0.25) is 0 Å². The van der Waals surface area contributed by atoms with Crippen LogP contribution in [-0.2, 0) is 20.2 Å². The highest BCUT2D eigenvalue weighted by Gasteiger charge is 2.03. The fraction of sp³-hybridized carbons (Fsp3) is 0.438. The van der Waals surface area contributed by atoms with Crippen LogP contribution in [0.25, 0.3) is 0 Å². The minimum absolute atomic E-state index is 0.545. The van der Waals surface area contributed by atoms with Gasteiger partial charge in [-0.15, -0.1) is 0 Å². The van der Waals surface area contributed by atoms with Crippen molar-refractivity contribution >= 4 is 0 Å². The first-order valence-corrected chi connectivity index (χ1v) is 7.11. The molecule has 20 heavy (non-hydrogen) atoms.